The van der Waals surface area contributed by atoms with E-state index in [-0.39, 0.29) is 5.56 Å². The SMILES string of the molecule is Cc1cc(C(=O)O)ccc1N=Cc1cc(Br)c(N(C)C)o1. The van der Waals surface area contributed by atoms with E-state index in [0.717, 1.165) is 15.9 Å². The Morgan fingerprint density at radius 1 is 1.38 bits per heavy atom. The van der Waals surface area contributed by atoms with E-state index in [1.165, 1.54) is 6.07 Å². The zero-order valence-electron chi connectivity index (χ0n) is 11.9. The summed E-state index contributed by atoms with van der Waals surface area (Å²) in [6.07, 6.45) is 1.61. The molecule has 0 bridgehead atoms. The van der Waals surface area contributed by atoms with Crippen LogP contribution < -0.4 is 4.90 Å². The Hall–Kier alpha value is -2.08. The molecule has 0 spiro atoms. The van der Waals surface area contributed by atoms with Gasteiger partial charge in [-0.05, 0) is 46.6 Å². The predicted molar refractivity (Wildman–Crippen MR) is 86.1 cm³/mol. The largest absolute Gasteiger partial charge is 0.478 e. The van der Waals surface area contributed by atoms with E-state index in [4.69, 9.17) is 9.52 Å². The Labute approximate surface area is 131 Å². The van der Waals surface area contributed by atoms with Crippen molar-refractivity contribution in [2.24, 2.45) is 4.99 Å². The first kappa shape index (κ1) is 15.3. The van der Waals surface area contributed by atoms with Crippen molar-refractivity contribution in [2.45, 2.75) is 6.92 Å². The van der Waals surface area contributed by atoms with Crippen LogP contribution in [0.25, 0.3) is 0 Å². The molecule has 0 aliphatic carbocycles. The topological polar surface area (TPSA) is 66.0 Å². The van der Waals surface area contributed by atoms with E-state index in [9.17, 15) is 4.79 Å². The number of halogens is 1. The van der Waals surface area contributed by atoms with Gasteiger partial charge in [-0.3, -0.25) is 4.99 Å². The Kier molecular flexibility index (Phi) is 4.47. The van der Waals surface area contributed by atoms with Crippen molar-refractivity contribution in [3.05, 3.63) is 45.6 Å². The Morgan fingerprint density at radius 3 is 2.62 bits per heavy atom. The van der Waals surface area contributed by atoms with Crippen LogP contribution >= 0.6 is 15.9 Å². The minimum Gasteiger partial charge on any atom is -0.478 e. The lowest BCUT2D eigenvalue weighted by atomic mass is 10.1. The molecule has 0 saturated carbocycles. The van der Waals surface area contributed by atoms with Crippen molar-refractivity contribution in [1.82, 2.24) is 0 Å². The standard InChI is InChI=1S/C15H15BrN2O3/c1-9-6-10(15(19)20)4-5-13(9)17-8-11-7-12(16)14(21-11)18(2)3/h4-8H,1-3H3,(H,19,20). The Bertz CT molecular complexity index is 705. The summed E-state index contributed by atoms with van der Waals surface area (Å²) in [7, 11) is 3.78. The molecule has 0 amide bonds. The molecule has 1 aromatic heterocycles. The van der Waals surface area contributed by atoms with Gasteiger partial charge in [0.05, 0.1) is 21.9 Å². The van der Waals surface area contributed by atoms with Crippen molar-refractivity contribution in [3.63, 3.8) is 0 Å². The highest BCUT2D eigenvalue weighted by atomic mass is 79.9. The third kappa shape index (κ3) is 3.52. The van der Waals surface area contributed by atoms with Crippen LogP contribution in [0.1, 0.15) is 21.7 Å². The molecule has 0 radical (unpaired) electrons. The van der Waals surface area contributed by atoms with Crippen molar-refractivity contribution in [3.8, 4) is 0 Å². The number of aryl methyl sites for hydroxylation is 1. The van der Waals surface area contributed by atoms with Crippen molar-refractivity contribution >= 4 is 39.7 Å². The number of hydrogen-bond donors (Lipinski definition) is 1. The molecule has 0 fully saturated rings. The number of aliphatic imine (C=N–C) groups is 1. The van der Waals surface area contributed by atoms with Gasteiger partial charge in [0.2, 0.25) is 5.88 Å². The van der Waals surface area contributed by atoms with E-state index < -0.39 is 5.97 Å². The van der Waals surface area contributed by atoms with Crippen LogP contribution in [0.5, 0.6) is 0 Å². The number of anilines is 1. The summed E-state index contributed by atoms with van der Waals surface area (Å²) in [6.45, 7) is 1.82. The molecular formula is C15H15BrN2O3. The molecule has 2 aromatic rings. The third-order valence-corrected chi connectivity index (χ3v) is 3.44. The number of nitrogens with zero attached hydrogens (tertiary/aromatic N) is 2. The first-order chi connectivity index (χ1) is 9.88. The number of carboxylic acid groups (broad SMARTS) is 1. The van der Waals surface area contributed by atoms with Gasteiger partial charge in [-0.25, -0.2) is 4.79 Å². The molecule has 0 saturated heterocycles. The fraction of sp³-hybridized carbons (Fsp3) is 0.200. The van der Waals surface area contributed by atoms with Gasteiger partial charge >= 0.3 is 5.97 Å². The number of carbonyl (C=O) groups is 1. The number of carboxylic acids is 1. The summed E-state index contributed by atoms with van der Waals surface area (Å²) in [6, 6.07) is 6.64. The molecule has 0 atom stereocenters. The van der Waals surface area contributed by atoms with E-state index >= 15 is 0 Å². The first-order valence-electron chi connectivity index (χ1n) is 6.23. The number of rotatable bonds is 4. The highest BCUT2D eigenvalue weighted by molar-refractivity contribution is 9.10. The maximum absolute atomic E-state index is 10.9. The number of benzene rings is 1. The van der Waals surface area contributed by atoms with Crippen molar-refractivity contribution in [2.75, 3.05) is 19.0 Å². The van der Waals surface area contributed by atoms with Crippen LogP contribution in [0, 0.1) is 6.92 Å². The van der Waals surface area contributed by atoms with Crippen molar-refractivity contribution in [1.29, 1.82) is 0 Å². The Balaban J connectivity index is 2.25. The van der Waals surface area contributed by atoms with E-state index in [1.54, 1.807) is 18.3 Å². The fourth-order valence-electron chi connectivity index (χ4n) is 1.81. The van der Waals surface area contributed by atoms with Crippen molar-refractivity contribution < 1.29 is 14.3 Å². The summed E-state index contributed by atoms with van der Waals surface area (Å²) in [5.41, 5.74) is 1.76. The smallest absolute Gasteiger partial charge is 0.335 e. The van der Waals surface area contributed by atoms with E-state index in [0.29, 0.717) is 11.4 Å². The summed E-state index contributed by atoms with van der Waals surface area (Å²) in [4.78, 5) is 17.1. The maximum atomic E-state index is 10.9. The molecule has 1 aromatic carbocycles. The molecule has 0 aliphatic rings. The lowest BCUT2D eigenvalue weighted by molar-refractivity contribution is 0.0697. The number of furan rings is 1. The second-order valence-electron chi connectivity index (χ2n) is 4.76. The van der Waals surface area contributed by atoms with Gasteiger partial charge in [0.1, 0.15) is 5.76 Å². The van der Waals surface area contributed by atoms with Gasteiger partial charge in [0.25, 0.3) is 0 Å². The predicted octanol–water partition coefficient (Wildman–Crippen LogP) is 3.87. The van der Waals surface area contributed by atoms with Crippen LogP contribution in [0.2, 0.25) is 0 Å². The number of aromatic carboxylic acids is 1. The van der Waals surface area contributed by atoms with Gasteiger partial charge in [0, 0.05) is 20.2 Å². The summed E-state index contributed by atoms with van der Waals surface area (Å²) >= 11 is 3.42. The average molecular weight is 351 g/mol. The molecular weight excluding hydrogens is 336 g/mol. The van der Waals surface area contributed by atoms with E-state index in [2.05, 4.69) is 20.9 Å². The van der Waals surface area contributed by atoms with Crippen LogP contribution in [-0.2, 0) is 0 Å². The van der Waals surface area contributed by atoms with Gasteiger partial charge in [-0.1, -0.05) is 0 Å². The first-order valence-corrected chi connectivity index (χ1v) is 7.02. The van der Waals surface area contributed by atoms with Gasteiger partial charge in [-0.2, -0.15) is 0 Å². The highest BCUT2D eigenvalue weighted by Crippen LogP contribution is 2.28. The maximum Gasteiger partial charge on any atom is 0.335 e. The lowest BCUT2D eigenvalue weighted by Crippen LogP contribution is -2.07. The molecule has 1 N–H and O–H groups in total. The summed E-state index contributed by atoms with van der Waals surface area (Å²) in [5, 5.41) is 8.93. The molecule has 0 unspecified atom stereocenters. The molecule has 2 rings (SSSR count). The quantitative estimate of drug-likeness (QED) is 0.850. The summed E-state index contributed by atoms with van der Waals surface area (Å²) in [5.74, 6) is 0.390. The fourth-order valence-corrected chi connectivity index (χ4v) is 2.47. The van der Waals surface area contributed by atoms with Gasteiger partial charge < -0.3 is 14.4 Å². The number of hydrogen-bond acceptors (Lipinski definition) is 4. The molecule has 6 heteroatoms. The lowest BCUT2D eigenvalue weighted by Gasteiger charge is -2.07. The molecule has 21 heavy (non-hydrogen) atoms. The molecule has 110 valence electrons. The second-order valence-corrected chi connectivity index (χ2v) is 5.62. The minimum atomic E-state index is -0.945. The zero-order chi connectivity index (χ0) is 15.6. The normalized spacial score (nSPS) is 11.0. The molecule has 5 nitrogen and oxygen atoms in total. The van der Waals surface area contributed by atoms with Crippen LogP contribution in [-0.4, -0.2) is 31.4 Å². The highest BCUT2D eigenvalue weighted by Gasteiger charge is 2.09. The zero-order valence-corrected chi connectivity index (χ0v) is 13.5. The molecule has 0 aliphatic heterocycles. The monoisotopic (exact) mass is 350 g/mol. The van der Waals surface area contributed by atoms with E-state index in [1.807, 2.05) is 32.0 Å². The molecule has 1 heterocycles. The van der Waals surface area contributed by atoms with Gasteiger partial charge in [-0.15, -0.1) is 0 Å². The van der Waals surface area contributed by atoms with Crippen LogP contribution in [0.3, 0.4) is 0 Å². The second kappa shape index (κ2) is 6.13. The Morgan fingerprint density at radius 2 is 2.10 bits per heavy atom. The van der Waals surface area contributed by atoms with Crippen LogP contribution in [0.15, 0.2) is 38.1 Å². The van der Waals surface area contributed by atoms with Crippen LogP contribution in [0.4, 0.5) is 11.6 Å². The third-order valence-electron chi connectivity index (χ3n) is 2.87. The average Bonchev–Trinajstić information content (AvgIpc) is 2.78. The summed E-state index contributed by atoms with van der Waals surface area (Å²) < 4.78 is 6.49. The minimum absolute atomic E-state index is 0.252. The van der Waals surface area contributed by atoms with Gasteiger partial charge in [0.15, 0.2) is 0 Å².